The van der Waals surface area contributed by atoms with Gasteiger partial charge in [0.15, 0.2) is 0 Å². The number of thioether (sulfide) groups is 1. The molecule has 3 aromatic rings. The Balaban J connectivity index is 1.89. The zero-order valence-electron chi connectivity index (χ0n) is 21.2. The van der Waals surface area contributed by atoms with E-state index in [2.05, 4.69) is 42.9 Å². The second kappa shape index (κ2) is 11.0. The van der Waals surface area contributed by atoms with Crippen LogP contribution in [-0.2, 0) is 15.0 Å². The number of hydrogen-bond donors (Lipinski definition) is 1. The van der Waals surface area contributed by atoms with Gasteiger partial charge >= 0.3 is 0 Å². The van der Waals surface area contributed by atoms with Crippen molar-refractivity contribution in [3.05, 3.63) is 62.9 Å². The van der Waals surface area contributed by atoms with Crippen molar-refractivity contribution < 1.29 is 9.59 Å². The highest BCUT2D eigenvalue weighted by Gasteiger charge is 2.40. The monoisotopic (exact) mass is 545 g/mol. The highest BCUT2D eigenvalue weighted by molar-refractivity contribution is 8.00. The van der Waals surface area contributed by atoms with Gasteiger partial charge in [0.05, 0.1) is 22.4 Å². The van der Waals surface area contributed by atoms with E-state index in [4.69, 9.17) is 16.7 Å². The van der Waals surface area contributed by atoms with Crippen LogP contribution in [0.2, 0.25) is 5.02 Å². The average Bonchev–Trinajstić information content (AvgIpc) is 3.43. The normalized spacial score (nSPS) is 16.2. The summed E-state index contributed by atoms with van der Waals surface area (Å²) in [5, 5.41) is 12.7. The molecule has 192 valence electrons. The molecule has 1 N–H and O–H groups in total. The quantitative estimate of drug-likeness (QED) is 0.465. The van der Waals surface area contributed by atoms with Crippen LogP contribution in [0.25, 0.3) is 5.69 Å². The van der Waals surface area contributed by atoms with Crippen LogP contribution in [0.1, 0.15) is 42.8 Å². The third kappa shape index (κ3) is 5.80. The minimum absolute atomic E-state index is 0.0774. The number of thiophene rings is 1. The van der Waals surface area contributed by atoms with Crippen LogP contribution in [-0.4, -0.2) is 66.0 Å². The van der Waals surface area contributed by atoms with E-state index in [1.165, 1.54) is 0 Å². The van der Waals surface area contributed by atoms with Crippen molar-refractivity contribution in [1.29, 1.82) is 0 Å². The molecule has 0 radical (unpaired) electrons. The second-order valence-electron chi connectivity index (χ2n) is 10.1. The van der Waals surface area contributed by atoms with Gasteiger partial charge in [0.2, 0.25) is 11.8 Å². The predicted octanol–water partition coefficient (Wildman–Crippen LogP) is 4.73. The molecule has 0 fully saturated rings. The van der Waals surface area contributed by atoms with Crippen LogP contribution < -0.4 is 10.2 Å². The van der Waals surface area contributed by atoms with Crippen molar-refractivity contribution in [2.45, 2.75) is 31.4 Å². The third-order valence-electron chi connectivity index (χ3n) is 5.88. The first-order chi connectivity index (χ1) is 17.1. The SMILES string of the molecule is CN(C)CCNC(=O)CN1C(=O)CSC(c2ccsc2)c2c(C(C)(C)C)nn(-c3cccc(Cl)c3)c21. The molecule has 10 heteroatoms. The largest absolute Gasteiger partial charge is 0.353 e. The maximum absolute atomic E-state index is 13.6. The van der Waals surface area contributed by atoms with E-state index in [9.17, 15) is 9.59 Å². The molecule has 2 amide bonds. The van der Waals surface area contributed by atoms with E-state index in [-0.39, 0.29) is 34.8 Å². The van der Waals surface area contributed by atoms with Crippen molar-refractivity contribution in [1.82, 2.24) is 20.0 Å². The number of fused-ring (bicyclic) bond motifs is 1. The first kappa shape index (κ1) is 26.7. The molecule has 1 aliphatic rings. The lowest BCUT2D eigenvalue weighted by Gasteiger charge is -2.24. The molecule has 0 bridgehead atoms. The van der Waals surface area contributed by atoms with Crippen LogP contribution in [0, 0.1) is 0 Å². The van der Waals surface area contributed by atoms with E-state index < -0.39 is 0 Å². The van der Waals surface area contributed by atoms with Gasteiger partial charge in [0.25, 0.3) is 0 Å². The summed E-state index contributed by atoms with van der Waals surface area (Å²) in [6.45, 7) is 7.52. The molecule has 0 saturated carbocycles. The Bertz CT molecular complexity index is 1230. The van der Waals surface area contributed by atoms with Gasteiger partial charge < -0.3 is 10.2 Å². The lowest BCUT2D eigenvalue weighted by atomic mass is 9.87. The van der Waals surface area contributed by atoms with Crippen LogP contribution in [0.5, 0.6) is 0 Å². The standard InChI is InChI=1S/C26H32ClN5O2S2/c1-26(2,3)24-22-23(17-9-12-35-15-17)36-16-21(34)31(14-20(33)28-10-11-30(4)5)25(22)32(29-24)19-8-6-7-18(27)13-19/h6-9,12-13,15,23H,10-11,14,16H2,1-5H3,(H,28,33). The molecule has 2 aromatic heterocycles. The molecule has 1 unspecified atom stereocenters. The summed E-state index contributed by atoms with van der Waals surface area (Å²) in [5.41, 5.74) is 3.45. The summed E-state index contributed by atoms with van der Waals surface area (Å²) < 4.78 is 1.79. The number of nitrogens with zero attached hydrogens (tertiary/aromatic N) is 4. The van der Waals surface area contributed by atoms with Crippen LogP contribution in [0.4, 0.5) is 5.82 Å². The lowest BCUT2D eigenvalue weighted by molar-refractivity contribution is -0.122. The number of nitrogens with one attached hydrogen (secondary N) is 1. The Hall–Kier alpha value is -2.33. The first-order valence-corrected chi connectivity index (χ1v) is 14.2. The summed E-state index contributed by atoms with van der Waals surface area (Å²) >= 11 is 9.57. The van der Waals surface area contributed by atoms with Gasteiger partial charge in [-0.25, -0.2) is 4.68 Å². The Morgan fingerprint density at radius 3 is 2.69 bits per heavy atom. The molecule has 0 spiro atoms. The molecule has 0 saturated heterocycles. The molecule has 3 heterocycles. The number of likely N-dealkylation sites (N-methyl/N-ethyl adjacent to an activating group) is 1. The summed E-state index contributed by atoms with van der Waals surface area (Å²) in [6.07, 6.45) is 0. The topological polar surface area (TPSA) is 70.5 Å². The number of amides is 2. The fourth-order valence-corrected chi connectivity index (χ4v) is 6.31. The Morgan fingerprint density at radius 1 is 1.28 bits per heavy atom. The lowest BCUT2D eigenvalue weighted by Crippen LogP contribution is -2.43. The fraction of sp³-hybridized carbons (Fsp3) is 0.423. The molecule has 1 aliphatic heterocycles. The number of carbonyl (C=O) groups is 2. The third-order valence-corrected chi connectivity index (χ3v) is 8.07. The Kier molecular flexibility index (Phi) is 8.14. The van der Waals surface area contributed by atoms with Crippen molar-refractivity contribution in [3.8, 4) is 5.69 Å². The highest BCUT2D eigenvalue weighted by Crippen LogP contribution is 2.48. The number of halogens is 1. The molecule has 7 nitrogen and oxygen atoms in total. The van der Waals surface area contributed by atoms with E-state index in [1.54, 1.807) is 32.7 Å². The van der Waals surface area contributed by atoms with Gasteiger partial charge in [-0.15, -0.1) is 11.8 Å². The van der Waals surface area contributed by atoms with Crippen molar-refractivity contribution in [2.75, 3.05) is 44.4 Å². The fourth-order valence-electron chi connectivity index (χ4n) is 4.17. The molecule has 36 heavy (non-hydrogen) atoms. The zero-order valence-corrected chi connectivity index (χ0v) is 23.6. The van der Waals surface area contributed by atoms with Crippen LogP contribution in [0.15, 0.2) is 41.1 Å². The molecule has 1 atom stereocenters. The number of rotatable bonds is 7. The Morgan fingerprint density at radius 2 is 2.06 bits per heavy atom. The number of hydrogen-bond acceptors (Lipinski definition) is 6. The van der Waals surface area contributed by atoms with Gasteiger partial charge in [-0.2, -0.15) is 16.4 Å². The van der Waals surface area contributed by atoms with Crippen LogP contribution in [0.3, 0.4) is 0 Å². The minimum atomic E-state index is -0.296. The Labute approximate surface area is 225 Å². The molecular weight excluding hydrogens is 514 g/mol. The van der Waals surface area contributed by atoms with Crippen LogP contribution >= 0.6 is 34.7 Å². The molecule has 4 rings (SSSR count). The van der Waals surface area contributed by atoms with E-state index >= 15 is 0 Å². The second-order valence-corrected chi connectivity index (χ2v) is 12.4. The van der Waals surface area contributed by atoms with Gasteiger partial charge in [-0.3, -0.25) is 14.5 Å². The molecule has 0 aliphatic carbocycles. The predicted molar refractivity (Wildman–Crippen MR) is 150 cm³/mol. The zero-order chi connectivity index (χ0) is 26.0. The smallest absolute Gasteiger partial charge is 0.240 e. The molecular formula is C26H32ClN5O2S2. The van der Waals surface area contributed by atoms with Gasteiger partial charge in [0.1, 0.15) is 12.4 Å². The first-order valence-electron chi connectivity index (χ1n) is 11.8. The average molecular weight is 546 g/mol. The van der Waals surface area contributed by atoms with Gasteiger partial charge in [0, 0.05) is 29.1 Å². The van der Waals surface area contributed by atoms with Crippen molar-refractivity contribution >= 4 is 52.3 Å². The summed E-state index contributed by atoms with van der Waals surface area (Å²) in [6, 6.07) is 9.53. The number of anilines is 1. The maximum atomic E-state index is 13.6. The van der Waals surface area contributed by atoms with Gasteiger partial charge in [-0.1, -0.05) is 38.4 Å². The number of benzene rings is 1. The van der Waals surface area contributed by atoms with Crippen molar-refractivity contribution in [3.63, 3.8) is 0 Å². The van der Waals surface area contributed by atoms with E-state index in [0.717, 1.165) is 29.1 Å². The van der Waals surface area contributed by atoms with Gasteiger partial charge in [-0.05, 0) is 54.7 Å². The summed E-state index contributed by atoms with van der Waals surface area (Å²) in [5.74, 6) is 0.576. The molecule has 1 aromatic carbocycles. The number of aromatic nitrogens is 2. The minimum Gasteiger partial charge on any atom is -0.353 e. The van der Waals surface area contributed by atoms with E-state index in [1.807, 2.05) is 43.3 Å². The maximum Gasteiger partial charge on any atom is 0.240 e. The highest BCUT2D eigenvalue weighted by atomic mass is 35.5. The van der Waals surface area contributed by atoms with Crippen molar-refractivity contribution in [2.24, 2.45) is 0 Å². The summed E-state index contributed by atoms with van der Waals surface area (Å²) in [4.78, 5) is 30.2. The van der Waals surface area contributed by atoms with E-state index in [0.29, 0.717) is 17.4 Å². The summed E-state index contributed by atoms with van der Waals surface area (Å²) in [7, 11) is 3.91. The number of carbonyl (C=O) groups excluding carboxylic acids is 2.